The van der Waals surface area contributed by atoms with Gasteiger partial charge in [-0.15, -0.1) is 0 Å². The van der Waals surface area contributed by atoms with Crippen molar-refractivity contribution in [2.45, 2.75) is 71.0 Å². The van der Waals surface area contributed by atoms with Gasteiger partial charge in [0, 0.05) is 5.41 Å². The number of rotatable bonds is 1. The highest BCUT2D eigenvalue weighted by Crippen LogP contribution is 2.67. The first kappa shape index (κ1) is 19.6. The first-order chi connectivity index (χ1) is 13.8. The standard InChI is InChI=1S/C27H36O2/c1-17-13-21-22(26(2)11-9-20(28)16-23(17)26)10-12-27(3)24(21)15-19(25(27)29)14-18-7-5-4-6-8-18/h4-8,14,20-25,28-29H,1,9-13,15-16H2,2-3H3/t20?,21-,22+,23?,24+,25?,26-,27+/m1/s1. The molecule has 2 heteroatoms. The molecule has 0 radical (unpaired) electrons. The summed E-state index contributed by atoms with van der Waals surface area (Å²) in [6.07, 6.45) is 9.15. The first-order valence-electron chi connectivity index (χ1n) is 11.6. The summed E-state index contributed by atoms with van der Waals surface area (Å²) in [5.74, 6) is 2.33. The third-order valence-electron chi connectivity index (χ3n) is 9.62. The van der Waals surface area contributed by atoms with Crippen LogP contribution in [0, 0.1) is 34.5 Å². The molecular weight excluding hydrogens is 356 g/mol. The summed E-state index contributed by atoms with van der Waals surface area (Å²) in [5, 5.41) is 21.7. The average Bonchev–Trinajstić information content (AvgIpc) is 2.95. The third-order valence-corrected chi connectivity index (χ3v) is 9.62. The molecule has 29 heavy (non-hydrogen) atoms. The van der Waals surface area contributed by atoms with E-state index in [1.54, 1.807) is 0 Å². The van der Waals surface area contributed by atoms with E-state index in [1.807, 2.05) is 6.07 Å². The molecule has 1 aromatic rings. The summed E-state index contributed by atoms with van der Waals surface area (Å²) in [4.78, 5) is 0. The van der Waals surface area contributed by atoms with E-state index in [1.165, 1.54) is 23.1 Å². The van der Waals surface area contributed by atoms with Crippen LogP contribution in [0.4, 0.5) is 0 Å². The number of aliphatic hydroxyl groups is 2. The van der Waals surface area contributed by atoms with Crippen LogP contribution >= 0.6 is 0 Å². The molecule has 0 aromatic heterocycles. The number of allylic oxidation sites excluding steroid dienone is 1. The van der Waals surface area contributed by atoms with Gasteiger partial charge in [0.25, 0.3) is 0 Å². The molecule has 8 atom stereocenters. The second kappa shape index (κ2) is 6.82. The molecule has 0 heterocycles. The van der Waals surface area contributed by atoms with Gasteiger partial charge in [-0.2, -0.15) is 0 Å². The van der Waals surface area contributed by atoms with Gasteiger partial charge < -0.3 is 10.2 Å². The van der Waals surface area contributed by atoms with Gasteiger partial charge in [0.2, 0.25) is 0 Å². The van der Waals surface area contributed by atoms with E-state index < -0.39 is 0 Å². The SMILES string of the molecule is C=C1C[C@@H]2[C@H](CC[C@]3(C)C(O)C(=Cc4ccccc4)C[C@@H]23)[C@@]2(C)CCC(O)CC12. The molecule has 2 nitrogen and oxygen atoms in total. The molecule has 4 saturated carbocycles. The molecule has 0 spiro atoms. The van der Waals surface area contributed by atoms with Gasteiger partial charge >= 0.3 is 0 Å². The van der Waals surface area contributed by atoms with Crippen molar-refractivity contribution in [3.8, 4) is 0 Å². The summed E-state index contributed by atoms with van der Waals surface area (Å²) in [5.41, 5.74) is 4.05. The molecule has 0 amide bonds. The van der Waals surface area contributed by atoms with Crippen LogP contribution in [-0.2, 0) is 0 Å². The van der Waals surface area contributed by atoms with Gasteiger partial charge in [-0.05, 0) is 85.2 Å². The largest absolute Gasteiger partial charge is 0.393 e. The molecule has 5 rings (SSSR count). The summed E-state index contributed by atoms with van der Waals surface area (Å²) in [6.45, 7) is 9.35. The summed E-state index contributed by atoms with van der Waals surface area (Å²) >= 11 is 0. The summed E-state index contributed by atoms with van der Waals surface area (Å²) in [6, 6.07) is 10.5. The Morgan fingerprint density at radius 1 is 0.966 bits per heavy atom. The molecule has 0 aliphatic heterocycles. The zero-order valence-electron chi connectivity index (χ0n) is 18.0. The van der Waals surface area contributed by atoms with Gasteiger partial charge in [0.15, 0.2) is 0 Å². The van der Waals surface area contributed by atoms with Crippen LogP contribution in [0.15, 0.2) is 48.1 Å². The molecule has 4 aliphatic carbocycles. The van der Waals surface area contributed by atoms with E-state index in [0.717, 1.165) is 38.5 Å². The van der Waals surface area contributed by atoms with E-state index in [2.05, 4.69) is 50.8 Å². The number of benzene rings is 1. The Morgan fingerprint density at radius 2 is 1.69 bits per heavy atom. The third kappa shape index (κ3) is 2.90. The predicted octanol–water partition coefficient (Wildman–Crippen LogP) is 5.61. The Hall–Kier alpha value is -1.38. The topological polar surface area (TPSA) is 40.5 Å². The highest BCUT2D eigenvalue weighted by Gasteiger charge is 2.61. The Morgan fingerprint density at radius 3 is 2.45 bits per heavy atom. The Bertz CT molecular complexity index is 826. The van der Waals surface area contributed by atoms with Crippen LogP contribution in [0.3, 0.4) is 0 Å². The van der Waals surface area contributed by atoms with E-state index in [9.17, 15) is 10.2 Å². The van der Waals surface area contributed by atoms with E-state index in [4.69, 9.17) is 0 Å². The molecule has 1 aromatic carbocycles. The van der Waals surface area contributed by atoms with Crippen molar-refractivity contribution in [3.63, 3.8) is 0 Å². The molecular formula is C27H36O2. The fraction of sp³-hybridized carbons (Fsp3) is 0.630. The van der Waals surface area contributed by atoms with Crippen molar-refractivity contribution in [3.05, 3.63) is 53.6 Å². The van der Waals surface area contributed by atoms with Crippen LogP contribution in [0.5, 0.6) is 0 Å². The molecule has 4 aliphatic rings. The maximum Gasteiger partial charge on any atom is 0.0809 e. The normalized spacial score (nSPS) is 48.1. The highest BCUT2D eigenvalue weighted by atomic mass is 16.3. The lowest BCUT2D eigenvalue weighted by molar-refractivity contribution is -0.114. The maximum absolute atomic E-state index is 11.4. The van der Waals surface area contributed by atoms with Crippen LogP contribution < -0.4 is 0 Å². The second-order valence-electron chi connectivity index (χ2n) is 11.0. The fourth-order valence-corrected chi connectivity index (χ4v) is 7.99. The quantitative estimate of drug-likeness (QED) is 0.610. The van der Waals surface area contributed by atoms with Crippen molar-refractivity contribution < 1.29 is 10.2 Å². The van der Waals surface area contributed by atoms with Gasteiger partial charge in [-0.3, -0.25) is 0 Å². The summed E-state index contributed by atoms with van der Waals surface area (Å²) in [7, 11) is 0. The van der Waals surface area contributed by atoms with Gasteiger partial charge in [-0.25, -0.2) is 0 Å². The van der Waals surface area contributed by atoms with Crippen LogP contribution in [0.2, 0.25) is 0 Å². The number of aliphatic hydroxyl groups excluding tert-OH is 2. The Balaban J connectivity index is 1.48. The molecule has 4 fully saturated rings. The smallest absolute Gasteiger partial charge is 0.0809 e. The molecule has 2 N–H and O–H groups in total. The van der Waals surface area contributed by atoms with Gasteiger partial charge in [0.05, 0.1) is 12.2 Å². The number of fused-ring (bicyclic) bond motifs is 5. The Kier molecular flexibility index (Phi) is 4.60. The van der Waals surface area contributed by atoms with Crippen molar-refractivity contribution in [1.29, 1.82) is 0 Å². The average molecular weight is 393 g/mol. The monoisotopic (exact) mass is 392 g/mol. The predicted molar refractivity (Wildman–Crippen MR) is 118 cm³/mol. The van der Waals surface area contributed by atoms with Gasteiger partial charge in [0.1, 0.15) is 0 Å². The lowest BCUT2D eigenvalue weighted by Gasteiger charge is -2.61. The lowest BCUT2D eigenvalue weighted by atomic mass is 9.44. The highest BCUT2D eigenvalue weighted by molar-refractivity contribution is 5.55. The Labute approximate surface area is 175 Å². The molecule has 156 valence electrons. The van der Waals surface area contributed by atoms with Crippen molar-refractivity contribution in [2.24, 2.45) is 34.5 Å². The van der Waals surface area contributed by atoms with Crippen molar-refractivity contribution >= 4 is 6.08 Å². The minimum absolute atomic E-state index is 0.0144. The number of hydrogen-bond donors (Lipinski definition) is 2. The van der Waals surface area contributed by atoms with Crippen LogP contribution in [0.25, 0.3) is 6.08 Å². The minimum Gasteiger partial charge on any atom is -0.393 e. The van der Waals surface area contributed by atoms with Gasteiger partial charge in [-0.1, -0.05) is 62.4 Å². The zero-order chi connectivity index (χ0) is 20.4. The fourth-order valence-electron chi connectivity index (χ4n) is 7.99. The lowest BCUT2D eigenvalue weighted by Crippen LogP contribution is -2.55. The second-order valence-corrected chi connectivity index (χ2v) is 11.0. The first-order valence-corrected chi connectivity index (χ1v) is 11.6. The molecule has 0 bridgehead atoms. The van der Waals surface area contributed by atoms with Crippen molar-refractivity contribution in [2.75, 3.05) is 0 Å². The van der Waals surface area contributed by atoms with Crippen LogP contribution in [-0.4, -0.2) is 22.4 Å². The van der Waals surface area contributed by atoms with E-state index in [-0.39, 0.29) is 23.0 Å². The van der Waals surface area contributed by atoms with E-state index in [0.29, 0.717) is 23.7 Å². The number of hydrogen-bond acceptors (Lipinski definition) is 2. The van der Waals surface area contributed by atoms with E-state index >= 15 is 0 Å². The van der Waals surface area contributed by atoms with Crippen molar-refractivity contribution in [1.82, 2.24) is 0 Å². The summed E-state index contributed by atoms with van der Waals surface area (Å²) < 4.78 is 0. The van der Waals surface area contributed by atoms with Crippen LogP contribution in [0.1, 0.15) is 64.4 Å². The molecule has 0 saturated heterocycles. The zero-order valence-corrected chi connectivity index (χ0v) is 18.0. The minimum atomic E-state index is -0.333. The molecule has 3 unspecified atom stereocenters. The maximum atomic E-state index is 11.4.